The average molecular weight is 178 g/mol. The summed E-state index contributed by atoms with van der Waals surface area (Å²) in [5.41, 5.74) is 6.75. The van der Waals surface area contributed by atoms with Gasteiger partial charge in [0.1, 0.15) is 4.88 Å². The first kappa shape index (κ1) is 7.30. The molecule has 1 rings (SSSR count). The number of hydrogen-bond acceptors (Lipinski definition) is 4. The summed E-state index contributed by atoms with van der Waals surface area (Å²) < 4.78 is 0. The van der Waals surface area contributed by atoms with E-state index in [-0.39, 0.29) is 11.0 Å². The number of aromatic nitrogens is 1. The monoisotopic (exact) mass is 177 g/mol. The molecule has 0 aliphatic rings. The van der Waals surface area contributed by atoms with E-state index in [1.54, 1.807) is 0 Å². The lowest BCUT2D eigenvalue weighted by atomic mass is 10.5. The number of amidine groups is 1. The van der Waals surface area contributed by atoms with Gasteiger partial charge in [-0.15, -0.1) is 11.3 Å². The Morgan fingerprint density at radius 2 is 2.60 bits per heavy atom. The van der Waals surface area contributed by atoms with Crippen LogP contribution in [0.3, 0.4) is 0 Å². The Morgan fingerprint density at radius 1 is 1.90 bits per heavy atom. The summed E-state index contributed by atoms with van der Waals surface area (Å²) >= 11 is 6.76. The smallest absolute Gasteiger partial charge is 0.183 e. The van der Waals surface area contributed by atoms with Crippen molar-refractivity contribution in [2.45, 2.75) is 0 Å². The van der Waals surface area contributed by atoms with E-state index in [2.05, 4.69) is 10.1 Å². The van der Waals surface area contributed by atoms with Crippen molar-refractivity contribution in [2.24, 2.45) is 10.9 Å². The summed E-state index contributed by atoms with van der Waals surface area (Å²) in [6.45, 7) is 0. The number of oxime groups is 1. The van der Waals surface area contributed by atoms with Gasteiger partial charge >= 0.3 is 0 Å². The van der Waals surface area contributed by atoms with Crippen molar-refractivity contribution < 1.29 is 5.21 Å². The highest BCUT2D eigenvalue weighted by atomic mass is 35.5. The van der Waals surface area contributed by atoms with E-state index in [4.69, 9.17) is 22.5 Å². The summed E-state index contributed by atoms with van der Waals surface area (Å²) in [6.07, 6.45) is 0. The van der Waals surface area contributed by atoms with Crippen LogP contribution < -0.4 is 5.73 Å². The van der Waals surface area contributed by atoms with E-state index in [0.29, 0.717) is 4.88 Å². The second kappa shape index (κ2) is 2.85. The van der Waals surface area contributed by atoms with Crippen molar-refractivity contribution in [3.63, 3.8) is 0 Å². The van der Waals surface area contributed by atoms with Gasteiger partial charge in [0.25, 0.3) is 0 Å². The summed E-state index contributed by atoms with van der Waals surface area (Å²) in [4.78, 5) is 4.19. The topological polar surface area (TPSA) is 71.5 Å². The molecule has 0 radical (unpaired) electrons. The van der Waals surface area contributed by atoms with E-state index < -0.39 is 0 Å². The van der Waals surface area contributed by atoms with Gasteiger partial charge in [0.05, 0.1) is 5.51 Å². The predicted octanol–water partition coefficient (Wildman–Crippen LogP) is 0.891. The van der Waals surface area contributed by atoms with Crippen molar-refractivity contribution in [1.82, 2.24) is 4.98 Å². The van der Waals surface area contributed by atoms with Crippen LogP contribution in [-0.2, 0) is 0 Å². The molecule has 0 aliphatic heterocycles. The Kier molecular flexibility index (Phi) is 2.08. The van der Waals surface area contributed by atoms with Gasteiger partial charge in [-0.25, -0.2) is 4.98 Å². The van der Waals surface area contributed by atoms with Gasteiger partial charge in [0, 0.05) is 0 Å². The SMILES string of the molecule is NC(=NO)c1scnc1Cl. The Hall–Kier alpha value is -0.810. The molecule has 1 heterocycles. The maximum atomic E-state index is 8.21. The van der Waals surface area contributed by atoms with Crippen LogP contribution in [-0.4, -0.2) is 16.0 Å². The zero-order valence-corrected chi connectivity index (χ0v) is 6.35. The number of nitrogens with zero attached hydrogens (tertiary/aromatic N) is 2. The van der Waals surface area contributed by atoms with Crippen molar-refractivity contribution >= 4 is 28.8 Å². The first-order valence-corrected chi connectivity index (χ1v) is 3.58. The molecule has 0 aliphatic carbocycles. The normalized spacial score (nSPS) is 11.9. The van der Waals surface area contributed by atoms with Crippen molar-refractivity contribution in [3.8, 4) is 0 Å². The van der Waals surface area contributed by atoms with E-state index in [1.807, 2.05) is 0 Å². The molecule has 0 atom stereocenters. The van der Waals surface area contributed by atoms with Crippen LogP contribution in [0.4, 0.5) is 0 Å². The molecule has 54 valence electrons. The highest BCUT2D eigenvalue weighted by molar-refractivity contribution is 7.12. The molecule has 1 aromatic rings. The van der Waals surface area contributed by atoms with Crippen LogP contribution in [0, 0.1) is 0 Å². The zero-order valence-electron chi connectivity index (χ0n) is 4.78. The molecule has 6 heteroatoms. The fourth-order valence-corrected chi connectivity index (χ4v) is 1.36. The molecule has 0 saturated carbocycles. The molecule has 10 heavy (non-hydrogen) atoms. The molecule has 0 fully saturated rings. The lowest BCUT2D eigenvalue weighted by Crippen LogP contribution is -2.11. The lowest BCUT2D eigenvalue weighted by Gasteiger charge is -1.89. The minimum atomic E-state index is -0.00694. The van der Waals surface area contributed by atoms with Gasteiger partial charge in [-0.05, 0) is 0 Å². The quantitative estimate of drug-likeness (QED) is 0.290. The lowest BCUT2D eigenvalue weighted by molar-refractivity contribution is 0.319. The highest BCUT2D eigenvalue weighted by Crippen LogP contribution is 2.17. The van der Waals surface area contributed by atoms with Crippen LogP contribution in [0.25, 0.3) is 0 Å². The molecule has 0 unspecified atom stereocenters. The average Bonchev–Trinajstić information content (AvgIpc) is 2.34. The summed E-state index contributed by atoms with van der Waals surface area (Å²) in [5.74, 6) is -0.00694. The van der Waals surface area contributed by atoms with Crippen LogP contribution in [0.1, 0.15) is 4.88 Å². The third-order valence-corrected chi connectivity index (χ3v) is 2.11. The minimum Gasteiger partial charge on any atom is -0.409 e. The Morgan fingerprint density at radius 3 is 3.00 bits per heavy atom. The Bertz CT molecular complexity index is 259. The van der Waals surface area contributed by atoms with Gasteiger partial charge < -0.3 is 10.9 Å². The van der Waals surface area contributed by atoms with Crippen LogP contribution in [0.2, 0.25) is 5.15 Å². The fraction of sp³-hybridized carbons (Fsp3) is 0. The molecular weight excluding hydrogens is 174 g/mol. The third kappa shape index (κ3) is 1.19. The summed E-state index contributed by atoms with van der Waals surface area (Å²) in [7, 11) is 0. The van der Waals surface area contributed by atoms with Gasteiger partial charge in [0.15, 0.2) is 11.0 Å². The number of thiazole rings is 1. The summed E-state index contributed by atoms with van der Waals surface area (Å²) in [5, 5.41) is 11.3. The van der Waals surface area contributed by atoms with E-state index >= 15 is 0 Å². The molecule has 4 nitrogen and oxygen atoms in total. The van der Waals surface area contributed by atoms with E-state index in [0.717, 1.165) is 0 Å². The van der Waals surface area contributed by atoms with Gasteiger partial charge in [-0.1, -0.05) is 16.8 Å². The molecule has 3 N–H and O–H groups in total. The van der Waals surface area contributed by atoms with Crippen molar-refractivity contribution in [3.05, 3.63) is 15.5 Å². The molecule has 0 spiro atoms. The predicted molar refractivity (Wildman–Crippen MR) is 39.6 cm³/mol. The van der Waals surface area contributed by atoms with Gasteiger partial charge in [0.2, 0.25) is 0 Å². The van der Waals surface area contributed by atoms with Crippen molar-refractivity contribution in [1.29, 1.82) is 0 Å². The van der Waals surface area contributed by atoms with E-state index in [1.165, 1.54) is 16.8 Å². The molecule has 0 bridgehead atoms. The second-order valence-electron chi connectivity index (χ2n) is 1.46. The van der Waals surface area contributed by atoms with Gasteiger partial charge in [-0.3, -0.25) is 0 Å². The standard InChI is InChI=1S/C4H4ClN3OS/c5-3-2(4(6)8-9)10-1-7-3/h1,9H,(H2,6,8). The number of hydrogen-bond donors (Lipinski definition) is 2. The summed E-state index contributed by atoms with van der Waals surface area (Å²) in [6, 6.07) is 0. The molecular formula is C4H4ClN3OS. The number of rotatable bonds is 1. The third-order valence-electron chi connectivity index (χ3n) is 0.864. The Labute approximate surface area is 65.9 Å². The second-order valence-corrected chi connectivity index (χ2v) is 2.67. The molecule has 1 aromatic heterocycles. The van der Waals surface area contributed by atoms with Crippen molar-refractivity contribution in [2.75, 3.05) is 0 Å². The largest absolute Gasteiger partial charge is 0.409 e. The minimum absolute atomic E-state index is 0.00694. The maximum absolute atomic E-state index is 8.21. The van der Waals surface area contributed by atoms with Crippen LogP contribution >= 0.6 is 22.9 Å². The maximum Gasteiger partial charge on any atom is 0.183 e. The first-order valence-electron chi connectivity index (χ1n) is 2.32. The number of halogens is 1. The Balaban J connectivity index is 3.05. The van der Waals surface area contributed by atoms with E-state index in [9.17, 15) is 0 Å². The molecule has 0 saturated heterocycles. The first-order chi connectivity index (χ1) is 4.75. The molecule has 0 amide bonds. The molecule has 0 aromatic carbocycles. The van der Waals surface area contributed by atoms with Crippen LogP contribution in [0.5, 0.6) is 0 Å². The van der Waals surface area contributed by atoms with Gasteiger partial charge in [-0.2, -0.15) is 0 Å². The highest BCUT2D eigenvalue weighted by Gasteiger charge is 2.06. The zero-order chi connectivity index (χ0) is 7.56. The fourth-order valence-electron chi connectivity index (χ4n) is 0.444. The number of nitrogens with two attached hydrogens (primary N) is 1. The van der Waals surface area contributed by atoms with Crippen LogP contribution in [0.15, 0.2) is 10.7 Å².